The third-order valence-corrected chi connectivity index (χ3v) is 2.11. The molecule has 2 rings (SSSR count). The Morgan fingerprint density at radius 3 is 3.21 bits per heavy atom. The van der Waals surface area contributed by atoms with E-state index in [2.05, 4.69) is 10.5 Å². The van der Waals surface area contributed by atoms with Gasteiger partial charge in [-0.25, -0.2) is 5.43 Å². The van der Waals surface area contributed by atoms with E-state index in [0.29, 0.717) is 11.5 Å². The zero-order valence-electron chi connectivity index (χ0n) is 7.43. The van der Waals surface area contributed by atoms with Crippen molar-refractivity contribution in [1.29, 1.82) is 0 Å². The van der Waals surface area contributed by atoms with Crippen molar-refractivity contribution in [2.75, 3.05) is 6.61 Å². The van der Waals surface area contributed by atoms with Crippen molar-refractivity contribution in [2.45, 2.75) is 6.42 Å². The van der Waals surface area contributed by atoms with Crippen molar-refractivity contribution in [2.24, 2.45) is 11.0 Å². The Labute approximate surface area is 80.4 Å². The molecule has 0 saturated carbocycles. The number of amides is 1. The van der Waals surface area contributed by atoms with Crippen LogP contribution in [0, 0.1) is 5.92 Å². The Kier molecular flexibility index (Phi) is 2.32. The van der Waals surface area contributed by atoms with Crippen LogP contribution in [0.4, 0.5) is 0 Å². The molecule has 1 aliphatic heterocycles. The monoisotopic (exact) mass is 194 g/mol. The number of hydrazone groups is 1. The van der Waals surface area contributed by atoms with E-state index in [1.807, 2.05) is 0 Å². The van der Waals surface area contributed by atoms with E-state index >= 15 is 0 Å². The molecule has 0 aliphatic carbocycles. The standard InChI is InChI=1S/C9H10N2O3/c12-5-6-4-8(13)10-11-9(6)7-2-1-3-14-7/h1-3,6,12H,4-5H2,(H,10,13). The summed E-state index contributed by atoms with van der Waals surface area (Å²) in [5.41, 5.74) is 2.96. The van der Waals surface area contributed by atoms with Gasteiger partial charge in [-0.1, -0.05) is 0 Å². The van der Waals surface area contributed by atoms with Crippen LogP contribution in [-0.4, -0.2) is 23.3 Å². The first-order valence-corrected chi connectivity index (χ1v) is 4.32. The van der Waals surface area contributed by atoms with E-state index in [0.717, 1.165) is 0 Å². The number of hydrogen-bond donors (Lipinski definition) is 2. The molecular weight excluding hydrogens is 184 g/mol. The minimum absolute atomic E-state index is 0.104. The zero-order chi connectivity index (χ0) is 9.97. The molecule has 5 nitrogen and oxygen atoms in total. The van der Waals surface area contributed by atoms with E-state index in [1.54, 1.807) is 12.1 Å². The van der Waals surface area contributed by atoms with Crippen LogP contribution in [0.15, 0.2) is 27.9 Å². The minimum Gasteiger partial charge on any atom is -0.463 e. The van der Waals surface area contributed by atoms with E-state index in [-0.39, 0.29) is 24.9 Å². The Morgan fingerprint density at radius 2 is 2.57 bits per heavy atom. The second kappa shape index (κ2) is 3.63. The highest BCUT2D eigenvalue weighted by Gasteiger charge is 2.26. The summed E-state index contributed by atoms with van der Waals surface area (Å²) in [7, 11) is 0. The maximum atomic E-state index is 11.0. The number of nitrogens with one attached hydrogen (secondary N) is 1. The zero-order valence-corrected chi connectivity index (χ0v) is 7.43. The van der Waals surface area contributed by atoms with Gasteiger partial charge in [0, 0.05) is 12.3 Å². The molecular formula is C9H10N2O3. The molecule has 1 aliphatic rings. The Hall–Kier alpha value is -1.62. The normalized spacial score (nSPS) is 21.6. The maximum Gasteiger partial charge on any atom is 0.240 e. The highest BCUT2D eigenvalue weighted by molar-refractivity contribution is 6.04. The predicted molar refractivity (Wildman–Crippen MR) is 48.6 cm³/mol. The molecule has 0 radical (unpaired) electrons. The summed E-state index contributed by atoms with van der Waals surface area (Å²) in [6.45, 7) is -0.104. The van der Waals surface area contributed by atoms with E-state index < -0.39 is 0 Å². The molecule has 14 heavy (non-hydrogen) atoms. The Morgan fingerprint density at radius 1 is 1.71 bits per heavy atom. The summed E-state index contributed by atoms with van der Waals surface area (Å²) in [5, 5.41) is 12.9. The van der Waals surface area contributed by atoms with Crippen LogP contribution < -0.4 is 5.43 Å². The molecule has 0 saturated heterocycles. The van der Waals surface area contributed by atoms with Gasteiger partial charge in [-0.3, -0.25) is 4.79 Å². The molecule has 2 N–H and O–H groups in total. The molecule has 1 aromatic heterocycles. The van der Waals surface area contributed by atoms with Crippen LogP contribution >= 0.6 is 0 Å². The number of aliphatic hydroxyl groups excluding tert-OH is 1. The smallest absolute Gasteiger partial charge is 0.240 e. The summed E-state index contributed by atoms with van der Waals surface area (Å²) in [4.78, 5) is 11.0. The average molecular weight is 194 g/mol. The highest BCUT2D eigenvalue weighted by atomic mass is 16.3. The first kappa shape index (κ1) is 8.96. The lowest BCUT2D eigenvalue weighted by molar-refractivity contribution is -0.122. The molecule has 1 unspecified atom stereocenters. The quantitative estimate of drug-likeness (QED) is 0.701. The second-order valence-electron chi connectivity index (χ2n) is 3.09. The molecule has 74 valence electrons. The fourth-order valence-corrected chi connectivity index (χ4v) is 1.41. The van der Waals surface area contributed by atoms with Crippen LogP contribution in [0.25, 0.3) is 0 Å². The van der Waals surface area contributed by atoms with Crippen LogP contribution in [0.5, 0.6) is 0 Å². The maximum absolute atomic E-state index is 11.0. The molecule has 1 atom stereocenters. The van der Waals surface area contributed by atoms with Gasteiger partial charge in [0.2, 0.25) is 5.91 Å². The minimum atomic E-state index is -0.269. The topological polar surface area (TPSA) is 74.8 Å². The van der Waals surface area contributed by atoms with E-state index in [1.165, 1.54) is 6.26 Å². The molecule has 0 spiro atoms. The summed E-state index contributed by atoms with van der Waals surface area (Å²) in [6.07, 6.45) is 1.78. The van der Waals surface area contributed by atoms with Crippen molar-refractivity contribution in [1.82, 2.24) is 5.43 Å². The number of carbonyl (C=O) groups is 1. The molecule has 0 aromatic carbocycles. The largest absolute Gasteiger partial charge is 0.463 e. The van der Waals surface area contributed by atoms with Crippen LogP contribution in [0.1, 0.15) is 12.2 Å². The third-order valence-electron chi connectivity index (χ3n) is 2.11. The molecule has 0 bridgehead atoms. The lowest BCUT2D eigenvalue weighted by Gasteiger charge is -2.18. The van der Waals surface area contributed by atoms with Crippen molar-refractivity contribution >= 4 is 11.6 Å². The summed E-state index contributed by atoms with van der Waals surface area (Å²) < 4.78 is 5.15. The van der Waals surface area contributed by atoms with Gasteiger partial charge in [0.25, 0.3) is 0 Å². The predicted octanol–water partition coefficient (Wildman–Crippen LogP) is 0.112. The first-order chi connectivity index (χ1) is 6.81. The molecule has 1 aromatic rings. The number of rotatable bonds is 2. The van der Waals surface area contributed by atoms with Gasteiger partial charge in [-0.2, -0.15) is 5.10 Å². The van der Waals surface area contributed by atoms with Gasteiger partial charge in [0.05, 0.1) is 12.9 Å². The van der Waals surface area contributed by atoms with E-state index in [9.17, 15) is 4.79 Å². The summed E-state index contributed by atoms with van der Waals surface area (Å²) in [5.74, 6) is 0.137. The Bertz CT molecular complexity index is 356. The van der Waals surface area contributed by atoms with Crippen molar-refractivity contribution in [3.8, 4) is 0 Å². The van der Waals surface area contributed by atoms with Gasteiger partial charge < -0.3 is 9.52 Å². The van der Waals surface area contributed by atoms with Gasteiger partial charge in [-0.15, -0.1) is 0 Å². The highest BCUT2D eigenvalue weighted by Crippen LogP contribution is 2.16. The first-order valence-electron chi connectivity index (χ1n) is 4.32. The van der Waals surface area contributed by atoms with Crippen molar-refractivity contribution in [3.63, 3.8) is 0 Å². The number of furan rings is 1. The molecule has 2 heterocycles. The van der Waals surface area contributed by atoms with Crippen LogP contribution in [-0.2, 0) is 4.79 Å². The number of aliphatic hydroxyl groups is 1. The van der Waals surface area contributed by atoms with Gasteiger partial charge in [0.1, 0.15) is 11.5 Å². The van der Waals surface area contributed by atoms with Crippen LogP contribution in [0.3, 0.4) is 0 Å². The molecule has 0 fully saturated rings. The SMILES string of the molecule is O=C1CC(CO)C(c2ccco2)=NN1. The molecule has 5 heteroatoms. The molecule has 1 amide bonds. The van der Waals surface area contributed by atoms with E-state index in [4.69, 9.17) is 9.52 Å². The number of nitrogens with zero attached hydrogens (tertiary/aromatic N) is 1. The summed E-state index contributed by atoms with van der Waals surface area (Å²) in [6, 6.07) is 3.49. The third kappa shape index (κ3) is 1.54. The number of carbonyl (C=O) groups excluding carboxylic acids is 1. The van der Waals surface area contributed by atoms with Gasteiger partial charge >= 0.3 is 0 Å². The van der Waals surface area contributed by atoms with Crippen molar-refractivity contribution < 1.29 is 14.3 Å². The van der Waals surface area contributed by atoms with Crippen molar-refractivity contribution in [3.05, 3.63) is 24.2 Å². The van der Waals surface area contributed by atoms with Crippen LogP contribution in [0.2, 0.25) is 0 Å². The average Bonchev–Trinajstić information content (AvgIpc) is 2.70. The summed E-state index contributed by atoms with van der Waals surface area (Å²) >= 11 is 0. The van der Waals surface area contributed by atoms with Gasteiger partial charge in [0.15, 0.2) is 0 Å². The fraction of sp³-hybridized carbons (Fsp3) is 0.333. The lowest BCUT2D eigenvalue weighted by Crippen LogP contribution is -2.35. The van der Waals surface area contributed by atoms with Gasteiger partial charge in [-0.05, 0) is 12.1 Å². The number of hydrogen-bond acceptors (Lipinski definition) is 4. The lowest BCUT2D eigenvalue weighted by atomic mass is 9.97. The fourth-order valence-electron chi connectivity index (χ4n) is 1.41. The Balaban J connectivity index is 2.29. The second-order valence-corrected chi connectivity index (χ2v) is 3.09.